The minimum absolute atomic E-state index is 0.172. The molecule has 0 aliphatic carbocycles. The Labute approximate surface area is 173 Å². The van der Waals surface area contributed by atoms with E-state index in [1.807, 2.05) is 37.3 Å². The largest absolute Gasteiger partial charge is 0.486 e. The monoisotopic (exact) mass is 415 g/mol. The van der Waals surface area contributed by atoms with Crippen LogP contribution in [0.2, 0.25) is 10.0 Å². The zero-order valence-corrected chi connectivity index (χ0v) is 16.7. The number of hydrogen-bond acceptors (Lipinski definition) is 3. The van der Waals surface area contributed by atoms with Crippen LogP contribution in [0.15, 0.2) is 66.9 Å². The molecule has 0 aliphatic rings. The lowest BCUT2D eigenvalue weighted by Gasteiger charge is -2.16. The number of urea groups is 1. The van der Waals surface area contributed by atoms with E-state index in [2.05, 4.69) is 15.6 Å². The van der Waals surface area contributed by atoms with Crippen molar-refractivity contribution in [2.24, 2.45) is 0 Å². The Bertz CT molecular complexity index is 934. The van der Waals surface area contributed by atoms with Crippen molar-refractivity contribution in [1.82, 2.24) is 10.3 Å². The molecular weight excluding hydrogens is 397 g/mol. The molecule has 0 saturated carbocycles. The molecule has 1 unspecified atom stereocenters. The number of ether oxygens (including phenoxy) is 1. The van der Waals surface area contributed by atoms with Crippen LogP contribution in [-0.4, -0.2) is 11.0 Å². The van der Waals surface area contributed by atoms with E-state index in [9.17, 15) is 4.79 Å². The van der Waals surface area contributed by atoms with Crippen molar-refractivity contribution in [3.8, 4) is 5.75 Å². The number of rotatable bonds is 6. The summed E-state index contributed by atoms with van der Waals surface area (Å²) in [7, 11) is 0. The quantitative estimate of drug-likeness (QED) is 0.530. The normalized spacial score (nSPS) is 11.5. The van der Waals surface area contributed by atoms with Crippen molar-refractivity contribution in [3.63, 3.8) is 0 Å². The Hall–Kier alpha value is -2.76. The second kappa shape index (κ2) is 9.44. The fourth-order valence-corrected chi connectivity index (χ4v) is 2.89. The second-order valence-electron chi connectivity index (χ2n) is 6.13. The molecule has 0 spiro atoms. The Balaban J connectivity index is 1.56. The maximum Gasteiger partial charge on any atom is 0.319 e. The molecular formula is C21H19Cl2N3O2. The fourth-order valence-electron chi connectivity index (χ4n) is 2.53. The van der Waals surface area contributed by atoms with Gasteiger partial charge in [-0.15, -0.1) is 0 Å². The second-order valence-corrected chi connectivity index (χ2v) is 6.97. The van der Waals surface area contributed by atoms with Gasteiger partial charge in [-0.3, -0.25) is 4.98 Å². The van der Waals surface area contributed by atoms with Crippen molar-refractivity contribution in [2.75, 3.05) is 5.32 Å². The van der Waals surface area contributed by atoms with Crippen LogP contribution < -0.4 is 15.4 Å². The maximum atomic E-state index is 12.2. The number of benzene rings is 2. The van der Waals surface area contributed by atoms with Gasteiger partial charge < -0.3 is 15.4 Å². The number of nitrogens with one attached hydrogen (secondary N) is 2. The SMILES string of the molecule is CC(NC(=O)Nc1ccc(OCc2ccccn2)c(Cl)c1)c1ccc(Cl)cc1. The van der Waals surface area contributed by atoms with Gasteiger partial charge in [-0.05, 0) is 55.0 Å². The van der Waals surface area contributed by atoms with Gasteiger partial charge in [0.1, 0.15) is 12.4 Å². The molecule has 0 aliphatic heterocycles. The minimum atomic E-state index is -0.333. The van der Waals surface area contributed by atoms with Crippen LogP contribution in [0.4, 0.5) is 10.5 Å². The molecule has 0 radical (unpaired) electrons. The highest BCUT2D eigenvalue weighted by Crippen LogP contribution is 2.28. The van der Waals surface area contributed by atoms with Crippen LogP contribution >= 0.6 is 23.2 Å². The van der Waals surface area contributed by atoms with Crippen molar-refractivity contribution >= 4 is 34.9 Å². The van der Waals surface area contributed by atoms with Gasteiger partial charge in [-0.25, -0.2) is 4.79 Å². The smallest absolute Gasteiger partial charge is 0.319 e. The molecule has 1 aromatic heterocycles. The predicted octanol–water partition coefficient (Wildman–Crippen LogP) is 5.85. The van der Waals surface area contributed by atoms with E-state index in [1.54, 1.807) is 36.5 Å². The first-order valence-corrected chi connectivity index (χ1v) is 9.42. The molecule has 2 aromatic carbocycles. The number of anilines is 1. The highest BCUT2D eigenvalue weighted by atomic mass is 35.5. The first-order valence-electron chi connectivity index (χ1n) is 8.66. The molecule has 0 saturated heterocycles. The minimum Gasteiger partial charge on any atom is -0.486 e. The van der Waals surface area contributed by atoms with Crippen molar-refractivity contribution in [1.29, 1.82) is 0 Å². The third-order valence-electron chi connectivity index (χ3n) is 4.01. The number of halogens is 2. The van der Waals surface area contributed by atoms with Crippen LogP contribution in [0.3, 0.4) is 0 Å². The van der Waals surface area contributed by atoms with Gasteiger partial charge >= 0.3 is 6.03 Å². The summed E-state index contributed by atoms with van der Waals surface area (Å²) >= 11 is 12.2. The average molecular weight is 416 g/mol. The summed E-state index contributed by atoms with van der Waals surface area (Å²) in [4.78, 5) is 16.4. The van der Waals surface area contributed by atoms with Crippen molar-refractivity contribution < 1.29 is 9.53 Å². The van der Waals surface area contributed by atoms with E-state index in [0.717, 1.165) is 11.3 Å². The topological polar surface area (TPSA) is 63.2 Å². The molecule has 2 amide bonds. The molecule has 3 rings (SSSR count). The highest BCUT2D eigenvalue weighted by molar-refractivity contribution is 6.32. The Kier molecular flexibility index (Phi) is 6.74. The molecule has 5 nitrogen and oxygen atoms in total. The van der Waals surface area contributed by atoms with E-state index in [-0.39, 0.29) is 12.1 Å². The van der Waals surface area contributed by atoms with Gasteiger partial charge in [0.25, 0.3) is 0 Å². The lowest BCUT2D eigenvalue weighted by molar-refractivity contribution is 0.249. The predicted molar refractivity (Wildman–Crippen MR) is 112 cm³/mol. The number of hydrogen-bond donors (Lipinski definition) is 2. The van der Waals surface area contributed by atoms with E-state index in [4.69, 9.17) is 27.9 Å². The zero-order valence-electron chi connectivity index (χ0n) is 15.2. The van der Waals surface area contributed by atoms with Gasteiger partial charge in [-0.1, -0.05) is 41.4 Å². The molecule has 3 aromatic rings. The summed E-state index contributed by atoms with van der Waals surface area (Å²) < 4.78 is 5.68. The molecule has 7 heteroatoms. The van der Waals surface area contributed by atoms with E-state index < -0.39 is 0 Å². The third kappa shape index (κ3) is 5.62. The summed E-state index contributed by atoms with van der Waals surface area (Å²) in [5.41, 5.74) is 2.32. The van der Waals surface area contributed by atoms with Gasteiger partial charge in [0, 0.05) is 16.9 Å². The number of aromatic nitrogens is 1. The Morgan fingerprint density at radius 2 is 1.89 bits per heavy atom. The summed E-state index contributed by atoms with van der Waals surface area (Å²) in [6.45, 7) is 2.21. The lowest BCUT2D eigenvalue weighted by Crippen LogP contribution is -2.31. The van der Waals surface area contributed by atoms with Crippen LogP contribution in [-0.2, 0) is 6.61 Å². The first-order chi connectivity index (χ1) is 13.5. The Morgan fingerprint density at radius 1 is 1.11 bits per heavy atom. The molecule has 2 N–H and O–H groups in total. The van der Waals surface area contributed by atoms with Crippen LogP contribution in [0.1, 0.15) is 24.2 Å². The summed E-state index contributed by atoms with van der Waals surface area (Å²) in [5, 5.41) is 6.69. The number of amides is 2. The zero-order chi connectivity index (χ0) is 19.9. The molecule has 1 heterocycles. The standard InChI is InChI=1S/C21H19Cl2N3O2/c1-14(15-5-7-16(22)8-6-15)25-21(27)26-17-9-10-20(19(23)12-17)28-13-18-4-2-3-11-24-18/h2-12,14H,13H2,1H3,(H2,25,26,27). The van der Waals surface area contributed by atoms with Gasteiger partial charge in [0.05, 0.1) is 16.8 Å². The maximum absolute atomic E-state index is 12.2. The number of pyridine rings is 1. The van der Waals surface area contributed by atoms with Gasteiger partial charge in [0.2, 0.25) is 0 Å². The molecule has 0 bridgehead atoms. The first kappa shape index (κ1) is 20.0. The van der Waals surface area contributed by atoms with Crippen molar-refractivity contribution in [3.05, 3.63) is 88.2 Å². The van der Waals surface area contributed by atoms with Gasteiger partial charge in [-0.2, -0.15) is 0 Å². The average Bonchev–Trinajstić information content (AvgIpc) is 2.68. The van der Waals surface area contributed by atoms with E-state index >= 15 is 0 Å². The number of carbonyl (C=O) groups is 1. The van der Waals surface area contributed by atoms with Crippen LogP contribution in [0, 0.1) is 0 Å². The molecule has 0 fully saturated rings. The van der Waals surface area contributed by atoms with Gasteiger partial charge in [0.15, 0.2) is 0 Å². The molecule has 1 atom stereocenters. The number of nitrogens with zero attached hydrogens (tertiary/aromatic N) is 1. The number of carbonyl (C=O) groups excluding carboxylic acids is 1. The molecule has 28 heavy (non-hydrogen) atoms. The summed E-state index contributed by atoms with van der Waals surface area (Å²) in [6, 6.07) is 17.5. The van der Waals surface area contributed by atoms with Crippen molar-refractivity contribution in [2.45, 2.75) is 19.6 Å². The summed E-state index contributed by atoms with van der Waals surface area (Å²) in [6.07, 6.45) is 1.71. The Morgan fingerprint density at radius 3 is 2.57 bits per heavy atom. The summed E-state index contributed by atoms with van der Waals surface area (Å²) in [5.74, 6) is 0.521. The fraction of sp³-hybridized carbons (Fsp3) is 0.143. The highest BCUT2D eigenvalue weighted by Gasteiger charge is 2.11. The van der Waals surface area contributed by atoms with E-state index in [0.29, 0.717) is 28.1 Å². The van der Waals surface area contributed by atoms with Crippen LogP contribution in [0.5, 0.6) is 5.75 Å². The molecule has 144 valence electrons. The van der Waals surface area contributed by atoms with Crippen LogP contribution in [0.25, 0.3) is 0 Å². The lowest BCUT2D eigenvalue weighted by atomic mass is 10.1. The van der Waals surface area contributed by atoms with E-state index in [1.165, 1.54) is 0 Å². The third-order valence-corrected chi connectivity index (χ3v) is 4.56.